The van der Waals surface area contributed by atoms with Gasteiger partial charge in [-0.1, -0.05) is 51.8 Å². The lowest BCUT2D eigenvalue weighted by Crippen LogP contribution is -2.12. The third-order valence-corrected chi connectivity index (χ3v) is 5.60. The largest absolute Gasteiger partial charge is 0.462 e. The van der Waals surface area contributed by atoms with Crippen molar-refractivity contribution in [2.45, 2.75) is 6.92 Å². The molecule has 0 aliphatic carbocycles. The maximum atomic E-state index is 12.6. The molecule has 2 aromatic carbocycles. The van der Waals surface area contributed by atoms with E-state index in [1.807, 2.05) is 41.8 Å². The van der Waals surface area contributed by atoms with Crippen molar-refractivity contribution in [1.82, 2.24) is 0 Å². The number of carbonyl (C=O) groups excluding carboxylic acids is 2. The smallest absolute Gasteiger partial charge is 0.341 e. The third kappa shape index (κ3) is 5.56. The van der Waals surface area contributed by atoms with Crippen LogP contribution in [0.4, 0.5) is 5.00 Å². The number of hydrogen-bond donors (Lipinski definition) is 1. The molecule has 3 aromatic rings. The molecule has 0 aliphatic rings. The molecule has 1 amide bonds. The number of halogens is 2. The van der Waals surface area contributed by atoms with Gasteiger partial charge in [-0.2, -0.15) is 0 Å². The minimum atomic E-state index is -0.471. The fourth-order valence-electron chi connectivity index (χ4n) is 2.63. The molecule has 0 radical (unpaired) electrons. The van der Waals surface area contributed by atoms with Gasteiger partial charge in [0.2, 0.25) is 5.91 Å². The molecule has 0 aliphatic heterocycles. The van der Waals surface area contributed by atoms with Gasteiger partial charge in [0.15, 0.2) is 0 Å². The van der Waals surface area contributed by atoms with Crippen molar-refractivity contribution in [3.63, 3.8) is 0 Å². The first-order valence-corrected chi connectivity index (χ1v) is 10.8. The number of nitrogens with one attached hydrogen (secondary N) is 1. The lowest BCUT2D eigenvalue weighted by molar-refractivity contribution is -0.111. The third-order valence-electron chi connectivity index (χ3n) is 3.94. The second-order valence-corrected chi connectivity index (χ2v) is 8.19. The van der Waals surface area contributed by atoms with E-state index in [0.29, 0.717) is 15.6 Å². The number of amides is 1. The van der Waals surface area contributed by atoms with Crippen molar-refractivity contribution < 1.29 is 14.3 Å². The van der Waals surface area contributed by atoms with Crippen molar-refractivity contribution in [1.29, 1.82) is 0 Å². The topological polar surface area (TPSA) is 55.4 Å². The lowest BCUT2D eigenvalue weighted by Gasteiger charge is -2.08. The number of thiophene rings is 1. The highest BCUT2D eigenvalue weighted by atomic mass is 79.9. The van der Waals surface area contributed by atoms with E-state index >= 15 is 0 Å². The average molecular weight is 491 g/mol. The maximum absolute atomic E-state index is 12.6. The Morgan fingerprint density at radius 3 is 2.66 bits per heavy atom. The molecule has 29 heavy (non-hydrogen) atoms. The second kappa shape index (κ2) is 9.87. The Bertz CT molecular complexity index is 1060. The molecule has 0 spiro atoms. The molecule has 0 bridgehead atoms. The van der Waals surface area contributed by atoms with Crippen LogP contribution in [-0.4, -0.2) is 18.5 Å². The van der Waals surface area contributed by atoms with Gasteiger partial charge in [0.1, 0.15) is 10.6 Å². The minimum absolute atomic E-state index is 0.247. The van der Waals surface area contributed by atoms with Gasteiger partial charge >= 0.3 is 5.97 Å². The Labute approximate surface area is 186 Å². The minimum Gasteiger partial charge on any atom is -0.462 e. The molecule has 7 heteroatoms. The maximum Gasteiger partial charge on any atom is 0.341 e. The second-order valence-electron chi connectivity index (χ2n) is 5.96. The van der Waals surface area contributed by atoms with E-state index in [9.17, 15) is 9.59 Å². The molecular formula is C22H17BrClNO3S. The highest BCUT2D eigenvalue weighted by Gasteiger charge is 2.22. The molecule has 0 fully saturated rings. The van der Waals surface area contributed by atoms with E-state index in [4.69, 9.17) is 16.3 Å². The number of carbonyl (C=O) groups is 2. The summed E-state index contributed by atoms with van der Waals surface area (Å²) in [6.07, 6.45) is 3.06. The summed E-state index contributed by atoms with van der Waals surface area (Å²) in [6.45, 7) is 1.99. The molecule has 1 heterocycles. The summed E-state index contributed by atoms with van der Waals surface area (Å²) in [5.41, 5.74) is 2.74. The van der Waals surface area contributed by atoms with Crippen molar-refractivity contribution in [2.75, 3.05) is 11.9 Å². The van der Waals surface area contributed by atoms with E-state index in [2.05, 4.69) is 21.2 Å². The van der Waals surface area contributed by atoms with Crippen LogP contribution in [0.5, 0.6) is 0 Å². The standard InChI is InChI=1S/C22H17BrClNO3S/c1-2-28-22(27)20-18(15-7-9-16(23)10-8-15)13-29-21(20)25-19(26)11-6-14-4-3-5-17(24)12-14/h3-13H,2H2,1H3,(H,25,26). The molecule has 1 aromatic heterocycles. The van der Waals surface area contributed by atoms with Crippen molar-refractivity contribution in [3.8, 4) is 11.1 Å². The summed E-state index contributed by atoms with van der Waals surface area (Å²) >= 11 is 10.6. The van der Waals surface area contributed by atoms with E-state index in [-0.39, 0.29) is 12.5 Å². The zero-order valence-electron chi connectivity index (χ0n) is 15.4. The van der Waals surface area contributed by atoms with Crippen LogP contribution in [0.1, 0.15) is 22.8 Å². The predicted octanol–water partition coefficient (Wildman–Crippen LogP) is 6.66. The first-order valence-electron chi connectivity index (χ1n) is 8.77. The number of ether oxygens (including phenoxy) is 1. The number of anilines is 1. The number of hydrogen-bond acceptors (Lipinski definition) is 4. The van der Waals surface area contributed by atoms with Gasteiger partial charge in [0, 0.05) is 26.5 Å². The Morgan fingerprint density at radius 2 is 1.97 bits per heavy atom. The van der Waals surface area contributed by atoms with E-state index < -0.39 is 5.97 Å². The van der Waals surface area contributed by atoms with Gasteiger partial charge in [-0.15, -0.1) is 11.3 Å². The summed E-state index contributed by atoms with van der Waals surface area (Å²) in [7, 11) is 0. The molecular weight excluding hydrogens is 474 g/mol. The molecule has 0 saturated heterocycles. The zero-order valence-corrected chi connectivity index (χ0v) is 18.6. The van der Waals surface area contributed by atoms with Gasteiger partial charge in [-0.3, -0.25) is 4.79 Å². The zero-order chi connectivity index (χ0) is 20.8. The molecule has 3 rings (SSSR count). The normalized spacial score (nSPS) is 10.9. The van der Waals surface area contributed by atoms with Crippen LogP contribution in [0.15, 0.2) is 64.5 Å². The van der Waals surface area contributed by atoms with Crippen molar-refractivity contribution in [2.24, 2.45) is 0 Å². The first-order chi connectivity index (χ1) is 14.0. The summed E-state index contributed by atoms with van der Waals surface area (Å²) in [4.78, 5) is 25.0. The Kier molecular flexibility index (Phi) is 7.25. The van der Waals surface area contributed by atoms with Gasteiger partial charge < -0.3 is 10.1 Å². The molecule has 0 atom stereocenters. The fourth-order valence-corrected chi connectivity index (χ4v) is 4.06. The molecule has 0 unspecified atom stereocenters. The quantitative estimate of drug-likeness (QED) is 0.310. The number of rotatable bonds is 6. The SMILES string of the molecule is CCOC(=O)c1c(-c2ccc(Br)cc2)csc1NC(=O)C=Cc1cccc(Cl)c1. The van der Waals surface area contributed by atoms with Crippen molar-refractivity contribution in [3.05, 3.63) is 80.6 Å². The monoisotopic (exact) mass is 489 g/mol. The van der Waals surface area contributed by atoms with Crippen molar-refractivity contribution >= 4 is 61.8 Å². The molecule has 4 nitrogen and oxygen atoms in total. The van der Waals surface area contributed by atoms with Crippen LogP contribution < -0.4 is 5.32 Å². The van der Waals surface area contributed by atoms with Crippen LogP contribution in [0.25, 0.3) is 17.2 Å². The van der Waals surface area contributed by atoms with Crippen LogP contribution in [0.2, 0.25) is 5.02 Å². The van der Waals surface area contributed by atoms with Gasteiger partial charge in [0.25, 0.3) is 0 Å². The number of esters is 1. The van der Waals surface area contributed by atoms with Crippen LogP contribution in [-0.2, 0) is 9.53 Å². The average Bonchev–Trinajstić information content (AvgIpc) is 3.11. The van der Waals surface area contributed by atoms with E-state index in [1.165, 1.54) is 17.4 Å². The van der Waals surface area contributed by atoms with Crippen LogP contribution in [0.3, 0.4) is 0 Å². The van der Waals surface area contributed by atoms with Gasteiger partial charge in [0.05, 0.1) is 6.61 Å². The molecule has 0 saturated carbocycles. The van der Waals surface area contributed by atoms with Crippen LogP contribution in [0, 0.1) is 0 Å². The van der Waals surface area contributed by atoms with Gasteiger partial charge in [-0.05, 0) is 48.4 Å². The summed E-state index contributed by atoms with van der Waals surface area (Å²) in [5, 5.41) is 5.66. The van der Waals surface area contributed by atoms with Gasteiger partial charge in [-0.25, -0.2) is 4.79 Å². The lowest BCUT2D eigenvalue weighted by atomic mass is 10.0. The Morgan fingerprint density at radius 1 is 1.21 bits per heavy atom. The van der Waals surface area contributed by atoms with E-state index in [1.54, 1.807) is 25.1 Å². The summed E-state index contributed by atoms with van der Waals surface area (Å²) < 4.78 is 6.15. The highest BCUT2D eigenvalue weighted by molar-refractivity contribution is 9.10. The van der Waals surface area contributed by atoms with Crippen LogP contribution >= 0.6 is 38.9 Å². The Hall–Kier alpha value is -2.41. The predicted molar refractivity (Wildman–Crippen MR) is 123 cm³/mol. The summed E-state index contributed by atoms with van der Waals surface area (Å²) in [5.74, 6) is -0.819. The Balaban J connectivity index is 1.87. The summed E-state index contributed by atoms with van der Waals surface area (Å²) in [6, 6.07) is 14.8. The number of benzene rings is 2. The fraction of sp³-hybridized carbons (Fsp3) is 0.0909. The first kappa shape index (κ1) is 21.3. The van der Waals surface area contributed by atoms with E-state index in [0.717, 1.165) is 21.2 Å². The molecule has 1 N–H and O–H groups in total. The highest BCUT2D eigenvalue weighted by Crippen LogP contribution is 2.36. The molecule has 148 valence electrons.